The van der Waals surface area contributed by atoms with Crippen LogP contribution in [0.4, 0.5) is 8.78 Å². The van der Waals surface area contributed by atoms with Crippen molar-refractivity contribution in [3.05, 3.63) is 53.6 Å². The van der Waals surface area contributed by atoms with E-state index in [9.17, 15) is 22.0 Å². The van der Waals surface area contributed by atoms with Gasteiger partial charge in [-0.2, -0.15) is 0 Å². The molecule has 174 valence electrons. The van der Waals surface area contributed by atoms with E-state index in [0.717, 1.165) is 18.1 Å². The zero-order valence-electron chi connectivity index (χ0n) is 18.5. The SMILES string of the molecule is CC(C)Sc1ccc(S(C)(=O)=O)cc1C(=O)N1CCC(Oc2ccc(C(C)(F)F)cc2)C1. The van der Waals surface area contributed by atoms with E-state index in [1.165, 1.54) is 48.2 Å². The molecule has 1 fully saturated rings. The maximum absolute atomic E-state index is 13.4. The van der Waals surface area contributed by atoms with Crippen molar-refractivity contribution in [3.8, 4) is 5.75 Å². The maximum atomic E-state index is 13.4. The zero-order chi connectivity index (χ0) is 23.7. The quantitative estimate of drug-likeness (QED) is 0.519. The first kappa shape index (κ1) is 24.5. The first-order chi connectivity index (χ1) is 14.8. The number of thioether (sulfide) groups is 1. The largest absolute Gasteiger partial charge is 0.489 e. The van der Waals surface area contributed by atoms with Crippen molar-refractivity contribution in [1.29, 1.82) is 0 Å². The number of halogens is 2. The summed E-state index contributed by atoms with van der Waals surface area (Å²) in [4.78, 5) is 15.7. The number of likely N-dealkylation sites (tertiary alicyclic amines) is 1. The fourth-order valence-corrected chi connectivity index (χ4v) is 5.04. The van der Waals surface area contributed by atoms with Gasteiger partial charge in [-0.15, -0.1) is 11.8 Å². The molecule has 0 spiro atoms. The number of nitrogens with zero attached hydrogens (tertiary/aromatic N) is 1. The molecule has 32 heavy (non-hydrogen) atoms. The number of carbonyl (C=O) groups is 1. The second-order valence-electron chi connectivity index (χ2n) is 8.29. The Morgan fingerprint density at radius 3 is 2.41 bits per heavy atom. The van der Waals surface area contributed by atoms with Gasteiger partial charge in [-0.25, -0.2) is 17.2 Å². The fraction of sp³-hybridized carbons (Fsp3) is 0.435. The van der Waals surface area contributed by atoms with Gasteiger partial charge in [0.15, 0.2) is 9.84 Å². The van der Waals surface area contributed by atoms with Crippen LogP contribution < -0.4 is 4.74 Å². The number of benzene rings is 2. The summed E-state index contributed by atoms with van der Waals surface area (Å²) in [6.07, 6.45) is 1.44. The molecule has 3 rings (SSSR count). The molecule has 0 aromatic heterocycles. The number of sulfone groups is 1. The Balaban J connectivity index is 1.75. The monoisotopic (exact) mass is 483 g/mol. The molecule has 2 aromatic rings. The number of rotatable bonds is 7. The van der Waals surface area contributed by atoms with Crippen molar-refractivity contribution in [1.82, 2.24) is 4.90 Å². The average molecular weight is 484 g/mol. The van der Waals surface area contributed by atoms with Crippen molar-refractivity contribution in [3.63, 3.8) is 0 Å². The number of alkyl halides is 2. The van der Waals surface area contributed by atoms with Gasteiger partial charge < -0.3 is 9.64 Å². The Kier molecular flexibility index (Phi) is 7.19. The number of ether oxygens (including phenoxy) is 1. The molecule has 1 aliphatic rings. The Labute approximate surface area is 192 Å². The van der Waals surface area contributed by atoms with Crippen LogP contribution in [-0.4, -0.2) is 49.9 Å². The van der Waals surface area contributed by atoms with Gasteiger partial charge >= 0.3 is 0 Å². The highest BCUT2D eigenvalue weighted by Gasteiger charge is 2.30. The van der Waals surface area contributed by atoms with E-state index in [-0.39, 0.29) is 27.7 Å². The summed E-state index contributed by atoms with van der Waals surface area (Å²) >= 11 is 1.50. The predicted molar refractivity (Wildman–Crippen MR) is 121 cm³/mol. The molecule has 1 amide bonds. The lowest BCUT2D eigenvalue weighted by molar-refractivity contribution is 0.0174. The Morgan fingerprint density at radius 2 is 1.84 bits per heavy atom. The molecule has 9 heteroatoms. The summed E-state index contributed by atoms with van der Waals surface area (Å²) in [5.41, 5.74) is 0.274. The van der Waals surface area contributed by atoms with E-state index in [0.29, 0.717) is 30.8 Å². The van der Waals surface area contributed by atoms with Gasteiger partial charge in [0.05, 0.1) is 17.0 Å². The second kappa shape index (κ2) is 9.39. The van der Waals surface area contributed by atoms with Crippen molar-refractivity contribution in [2.75, 3.05) is 19.3 Å². The van der Waals surface area contributed by atoms with Crippen LogP contribution >= 0.6 is 11.8 Å². The van der Waals surface area contributed by atoms with Crippen LogP contribution in [0, 0.1) is 0 Å². The Hall–Kier alpha value is -2.13. The van der Waals surface area contributed by atoms with Crippen LogP contribution in [0.3, 0.4) is 0 Å². The minimum Gasteiger partial charge on any atom is -0.489 e. The molecule has 2 aromatic carbocycles. The molecule has 1 aliphatic heterocycles. The molecule has 1 saturated heterocycles. The smallest absolute Gasteiger partial charge is 0.270 e. The van der Waals surface area contributed by atoms with E-state index >= 15 is 0 Å². The highest BCUT2D eigenvalue weighted by atomic mass is 32.2. The van der Waals surface area contributed by atoms with Crippen LogP contribution in [0.5, 0.6) is 5.75 Å². The zero-order valence-corrected chi connectivity index (χ0v) is 20.1. The molecule has 1 heterocycles. The van der Waals surface area contributed by atoms with Crippen LogP contribution in [0.2, 0.25) is 0 Å². The molecular weight excluding hydrogens is 456 g/mol. The predicted octanol–water partition coefficient (Wildman–Crippen LogP) is 5.00. The topological polar surface area (TPSA) is 63.7 Å². The number of hydrogen-bond acceptors (Lipinski definition) is 5. The summed E-state index contributed by atoms with van der Waals surface area (Å²) in [6, 6.07) is 10.3. The molecule has 0 radical (unpaired) electrons. The maximum Gasteiger partial charge on any atom is 0.270 e. The molecule has 0 N–H and O–H groups in total. The number of carbonyl (C=O) groups excluding carboxylic acids is 1. The Bertz CT molecular complexity index is 1080. The van der Waals surface area contributed by atoms with E-state index in [2.05, 4.69) is 0 Å². The summed E-state index contributed by atoms with van der Waals surface area (Å²) in [6.45, 7) is 5.64. The summed E-state index contributed by atoms with van der Waals surface area (Å²) < 4.78 is 56.7. The van der Waals surface area contributed by atoms with Crippen molar-refractivity contribution in [2.24, 2.45) is 0 Å². The van der Waals surface area contributed by atoms with E-state index in [4.69, 9.17) is 4.74 Å². The molecule has 1 atom stereocenters. The normalized spacial score (nSPS) is 17.1. The second-order valence-corrected chi connectivity index (χ2v) is 11.9. The van der Waals surface area contributed by atoms with Crippen LogP contribution in [0.1, 0.15) is 43.1 Å². The molecule has 0 bridgehead atoms. The van der Waals surface area contributed by atoms with Crippen LogP contribution in [0.15, 0.2) is 52.3 Å². The first-order valence-electron chi connectivity index (χ1n) is 10.3. The summed E-state index contributed by atoms with van der Waals surface area (Å²) in [5.74, 6) is -2.69. The van der Waals surface area contributed by atoms with E-state index < -0.39 is 15.8 Å². The highest BCUT2D eigenvalue weighted by molar-refractivity contribution is 8.00. The average Bonchev–Trinajstić information content (AvgIpc) is 3.14. The lowest BCUT2D eigenvalue weighted by Crippen LogP contribution is -2.31. The number of amides is 1. The van der Waals surface area contributed by atoms with E-state index in [1.54, 1.807) is 11.0 Å². The van der Waals surface area contributed by atoms with Crippen molar-refractivity contribution < 1.29 is 26.7 Å². The summed E-state index contributed by atoms with van der Waals surface area (Å²) in [5, 5.41) is 0.221. The molecular formula is C23H27F2NO4S2. The van der Waals surface area contributed by atoms with Gasteiger partial charge in [-0.3, -0.25) is 4.79 Å². The van der Waals surface area contributed by atoms with Crippen molar-refractivity contribution >= 4 is 27.5 Å². The molecule has 0 aliphatic carbocycles. The molecule has 1 unspecified atom stereocenters. The van der Waals surface area contributed by atoms with Crippen LogP contribution in [-0.2, 0) is 15.8 Å². The first-order valence-corrected chi connectivity index (χ1v) is 13.1. The minimum absolute atomic E-state index is 0.0889. The van der Waals surface area contributed by atoms with Crippen molar-refractivity contribution in [2.45, 2.75) is 54.3 Å². The van der Waals surface area contributed by atoms with Gasteiger partial charge in [-0.05, 0) is 42.5 Å². The standard InChI is InChI=1S/C23H27F2NO4S2/c1-15(2)31-21-10-9-19(32(4,28)29)13-20(21)22(27)26-12-11-18(14-26)30-17-7-5-16(6-8-17)23(3,24)25/h5-10,13,15,18H,11-12,14H2,1-4H3. The Morgan fingerprint density at radius 1 is 1.19 bits per heavy atom. The summed E-state index contributed by atoms with van der Waals surface area (Å²) in [7, 11) is -3.45. The van der Waals surface area contributed by atoms with Gasteiger partial charge in [0.2, 0.25) is 0 Å². The third-order valence-corrected chi connectivity index (χ3v) is 7.26. The van der Waals surface area contributed by atoms with Gasteiger partial charge in [0.1, 0.15) is 11.9 Å². The fourth-order valence-electron chi connectivity index (χ4n) is 3.46. The number of hydrogen-bond donors (Lipinski definition) is 0. The minimum atomic E-state index is -3.45. The van der Waals surface area contributed by atoms with Gasteiger partial charge in [-0.1, -0.05) is 13.8 Å². The highest BCUT2D eigenvalue weighted by Crippen LogP contribution is 2.32. The third-order valence-electron chi connectivity index (χ3n) is 5.07. The lowest BCUT2D eigenvalue weighted by Gasteiger charge is -2.20. The molecule has 5 nitrogen and oxygen atoms in total. The van der Waals surface area contributed by atoms with Gasteiger partial charge in [0.25, 0.3) is 11.8 Å². The van der Waals surface area contributed by atoms with Gasteiger partial charge in [0, 0.05) is 41.9 Å². The van der Waals surface area contributed by atoms with Crippen LogP contribution in [0.25, 0.3) is 0 Å². The third kappa shape index (κ3) is 6.01. The van der Waals surface area contributed by atoms with E-state index in [1.807, 2.05) is 13.8 Å². The molecule has 0 saturated carbocycles. The lowest BCUT2D eigenvalue weighted by atomic mass is 10.1.